The highest BCUT2D eigenvalue weighted by atomic mass is 16.6. The summed E-state index contributed by atoms with van der Waals surface area (Å²) in [5, 5.41) is 13.2. The van der Waals surface area contributed by atoms with Crippen molar-refractivity contribution in [3.8, 4) is 0 Å². The average Bonchev–Trinajstić information content (AvgIpc) is 2.57. The first-order valence-electron chi connectivity index (χ1n) is 7.90. The van der Waals surface area contributed by atoms with Gasteiger partial charge in [-0.1, -0.05) is 19.9 Å². The Morgan fingerprint density at radius 1 is 1.28 bits per heavy atom. The molecule has 1 unspecified atom stereocenters. The number of piperidine rings is 1. The molecule has 1 N–H and O–H groups in total. The van der Waals surface area contributed by atoms with E-state index in [-0.39, 0.29) is 35.3 Å². The number of carbonyl (C=O) groups excluding carboxylic acids is 2. The monoisotopic (exact) mass is 346 g/mol. The van der Waals surface area contributed by atoms with E-state index in [1.807, 2.05) is 13.8 Å². The first kappa shape index (κ1) is 18.2. The Kier molecular flexibility index (Phi) is 5.26. The summed E-state index contributed by atoms with van der Waals surface area (Å²) in [5.41, 5.74) is -0.819. The Bertz CT molecular complexity index is 919. The maximum absolute atomic E-state index is 12.8. The van der Waals surface area contributed by atoms with E-state index in [4.69, 9.17) is 0 Å². The third-order valence-corrected chi connectivity index (χ3v) is 3.80. The minimum absolute atomic E-state index is 0.0945. The molecule has 2 amide bonds. The lowest BCUT2D eigenvalue weighted by atomic mass is 10.1. The number of amides is 2. The first-order valence-corrected chi connectivity index (χ1v) is 7.90. The van der Waals surface area contributed by atoms with E-state index in [2.05, 4.69) is 10.3 Å². The number of benzene rings is 1. The second kappa shape index (κ2) is 7.20. The molecule has 2 heterocycles. The normalized spacial score (nSPS) is 16.8. The summed E-state index contributed by atoms with van der Waals surface area (Å²) in [7, 11) is 0. The molecule has 1 aliphatic rings. The van der Waals surface area contributed by atoms with E-state index >= 15 is 0 Å². The number of nitro groups is 1. The number of nitro benzene ring substituents is 1. The number of non-ortho nitro benzene ring substituents is 1. The van der Waals surface area contributed by atoms with Crippen LogP contribution in [-0.4, -0.2) is 26.3 Å². The van der Waals surface area contributed by atoms with E-state index in [9.17, 15) is 24.5 Å². The molecular weight excluding hydrogens is 328 g/mol. The van der Waals surface area contributed by atoms with Gasteiger partial charge in [0.15, 0.2) is 0 Å². The zero-order valence-electron chi connectivity index (χ0n) is 14.1. The van der Waals surface area contributed by atoms with Crippen molar-refractivity contribution in [2.75, 3.05) is 0 Å². The van der Waals surface area contributed by atoms with Gasteiger partial charge in [-0.2, -0.15) is 0 Å². The van der Waals surface area contributed by atoms with Gasteiger partial charge in [0.25, 0.3) is 11.2 Å². The summed E-state index contributed by atoms with van der Waals surface area (Å²) in [6.45, 7) is 5.55. The van der Waals surface area contributed by atoms with Crippen LogP contribution >= 0.6 is 0 Å². The molecule has 0 radical (unpaired) electrons. The SMILES string of the molecule is CC.Cc1nc2cccc([N+](=O)[O-])c2c(=O)n1C1CCC(=O)NC1=O. The molecule has 0 bridgehead atoms. The number of fused-ring (bicyclic) bond motifs is 1. The van der Waals surface area contributed by atoms with E-state index in [0.29, 0.717) is 0 Å². The second-order valence-corrected chi connectivity index (χ2v) is 5.23. The molecule has 0 aliphatic carbocycles. The molecule has 1 aliphatic heterocycles. The fraction of sp³-hybridized carbons (Fsp3) is 0.375. The summed E-state index contributed by atoms with van der Waals surface area (Å²) in [5.74, 6) is -0.750. The van der Waals surface area contributed by atoms with Crippen LogP contribution in [0.25, 0.3) is 10.9 Å². The zero-order chi connectivity index (χ0) is 18.7. The van der Waals surface area contributed by atoms with E-state index < -0.39 is 28.3 Å². The van der Waals surface area contributed by atoms with E-state index in [1.165, 1.54) is 18.2 Å². The largest absolute Gasteiger partial charge is 0.295 e. The summed E-state index contributed by atoms with van der Waals surface area (Å²) in [6, 6.07) is 3.26. The Balaban J connectivity index is 0.00000109. The van der Waals surface area contributed by atoms with Gasteiger partial charge in [-0.3, -0.25) is 34.4 Å². The van der Waals surface area contributed by atoms with Gasteiger partial charge in [0.05, 0.1) is 10.4 Å². The molecule has 1 aromatic heterocycles. The van der Waals surface area contributed by atoms with Crippen molar-refractivity contribution < 1.29 is 14.5 Å². The van der Waals surface area contributed by atoms with Gasteiger partial charge in [0.2, 0.25) is 11.8 Å². The number of rotatable bonds is 2. The molecular formula is C16H18N4O5. The lowest BCUT2D eigenvalue weighted by Crippen LogP contribution is -2.45. The van der Waals surface area contributed by atoms with Crippen molar-refractivity contribution >= 4 is 28.4 Å². The van der Waals surface area contributed by atoms with Crippen molar-refractivity contribution in [3.63, 3.8) is 0 Å². The number of aryl methyl sites for hydroxylation is 1. The average molecular weight is 346 g/mol. The predicted octanol–water partition coefficient (Wildman–Crippen LogP) is 1.62. The van der Waals surface area contributed by atoms with Crippen LogP contribution in [0, 0.1) is 17.0 Å². The van der Waals surface area contributed by atoms with Crippen molar-refractivity contribution in [2.24, 2.45) is 0 Å². The van der Waals surface area contributed by atoms with Gasteiger partial charge in [-0.15, -0.1) is 0 Å². The minimum atomic E-state index is -0.906. The molecule has 132 valence electrons. The fourth-order valence-electron chi connectivity index (χ4n) is 2.78. The number of nitrogens with one attached hydrogen (secondary N) is 1. The number of hydrogen-bond donors (Lipinski definition) is 1. The lowest BCUT2D eigenvalue weighted by molar-refractivity contribution is -0.383. The Labute approximate surface area is 142 Å². The molecule has 3 rings (SSSR count). The summed E-state index contributed by atoms with van der Waals surface area (Å²) >= 11 is 0. The molecule has 0 saturated carbocycles. The minimum Gasteiger partial charge on any atom is -0.295 e. The van der Waals surface area contributed by atoms with Crippen LogP contribution in [0.15, 0.2) is 23.0 Å². The molecule has 1 aromatic carbocycles. The molecule has 2 aromatic rings. The Morgan fingerprint density at radius 2 is 1.96 bits per heavy atom. The van der Waals surface area contributed by atoms with Crippen LogP contribution in [-0.2, 0) is 9.59 Å². The van der Waals surface area contributed by atoms with Crippen LogP contribution in [0.2, 0.25) is 0 Å². The molecule has 25 heavy (non-hydrogen) atoms. The first-order chi connectivity index (χ1) is 11.9. The van der Waals surface area contributed by atoms with Gasteiger partial charge >= 0.3 is 0 Å². The topological polar surface area (TPSA) is 124 Å². The van der Waals surface area contributed by atoms with Gasteiger partial charge in [-0.05, 0) is 19.4 Å². The number of aromatic nitrogens is 2. The van der Waals surface area contributed by atoms with Crippen molar-refractivity contribution in [1.82, 2.24) is 14.9 Å². The maximum Gasteiger partial charge on any atom is 0.284 e. The van der Waals surface area contributed by atoms with Crippen LogP contribution in [0.4, 0.5) is 5.69 Å². The van der Waals surface area contributed by atoms with Gasteiger partial charge in [0, 0.05) is 12.5 Å². The number of nitrogens with zero attached hydrogens (tertiary/aromatic N) is 3. The predicted molar refractivity (Wildman–Crippen MR) is 90.2 cm³/mol. The zero-order valence-corrected chi connectivity index (χ0v) is 14.1. The third-order valence-electron chi connectivity index (χ3n) is 3.80. The highest BCUT2D eigenvalue weighted by molar-refractivity contribution is 5.99. The Hall–Kier alpha value is -3.10. The van der Waals surface area contributed by atoms with Crippen LogP contribution < -0.4 is 10.9 Å². The lowest BCUT2D eigenvalue weighted by Gasteiger charge is -2.24. The second-order valence-electron chi connectivity index (χ2n) is 5.23. The smallest absolute Gasteiger partial charge is 0.284 e. The summed E-state index contributed by atoms with van der Waals surface area (Å²) in [4.78, 5) is 50.7. The standard InChI is InChI=1S/C14H12N4O5.C2H6/c1-7-15-8-3-2-4-9(18(22)23)12(8)14(21)17(7)10-5-6-11(19)16-13(10)20;1-2/h2-4,10H,5-6H2,1H3,(H,16,19,20);1-2H3. The number of carbonyl (C=O) groups is 2. The van der Waals surface area contributed by atoms with Crippen LogP contribution in [0.3, 0.4) is 0 Å². The van der Waals surface area contributed by atoms with Crippen LogP contribution in [0.5, 0.6) is 0 Å². The third kappa shape index (κ3) is 3.25. The van der Waals surface area contributed by atoms with E-state index in [0.717, 1.165) is 4.57 Å². The quantitative estimate of drug-likeness (QED) is 0.500. The molecule has 1 atom stereocenters. The van der Waals surface area contributed by atoms with Gasteiger partial charge in [-0.25, -0.2) is 4.98 Å². The number of imide groups is 1. The van der Waals surface area contributed by atoms with E-state index in [1.54, 1.807) is 6.92 Å². The maximum atomic E-state index is 12.8. The molecule has 0 spiro atoms. The van der Waals surface area contributed by atoms with Crippen LogP contribution in [0.1, 0.15) is 38.6 Å². The van der Waals surface area contributed by atoms with Crippen molar-refractivity contribution in [3.05, 3.63) is 44.5 Å². The van der Waals surface area contributed by atoms with Crippen molar-refractivity contribution in [2.45, 2.75) is 39.7 Å². The molecule has 9 nitrogen and oxygen atoms in total. The van der Waals surface area contributed by atoms with Gasteiger partial charge < -0.3 is 0 Å². The fourth-order valence-corrected chi connectivity index (χ4v) is 2.78. The van der Waals surface area contributed by atoms with Gasteiger partial charge in [0.1, 0.15) is 17.3 Å². The number of hydrogen-bond acceptors (Lipinski definition) is 6. The summed E-state index contributed by atoms with van der Waals surface area (Å²) < 4.78 is 1.12. The highest BCUT2D eigenvalue weighted by Gasteiger charge is 2.31. The molecule has 9 heteroatoms. The Morgan fingerprint density at radius 3 is 2.56 bits per heavy atom. The molecule has 1 fully saturated rings. The highest BCUT2D eigenvalue weighted by Crippen LogP contribution is 2.24. The molecule has 1 saturated heterocycles. The summed E-state index contributed by atoms with van der Waals surface area (Å²) in [6.07, 6.45) is 0.246. The van der Waals surface area contributed by atoms with Crippen molar-refractivity contribution in [1.29, 1.82) is 0 Å².